The lowest BCUT2D eigenvalue weighted by Crippen LogP contribution is -2.33. The average Bonchev–Trinajstić information content (AvgIpc) is 2.79. The molecule has 0 aliphatic rings. The summed E-state index contributed by atoms with van der Waals surface area (Å²) in [6.07, 6.45) is 1.37. The van der Waals surface area contributed by atoms with Gasteiger partial charge in [-0.25, -0.2) is 5.43 Å². The fourth-order valence-corrected chi connectivity index (χ4v) is 2.87. The molecule has 0 bridgehead atoms. The van der Waals surface area contributed by atoms with Gasteiger partial charge in [0.2, 0.25) is 0 Å². The van der Waals surface area contributed by atoms with E-state index >= 15 is 0 Å². The van der Waals surface area contributed by atoms with E-state index in [4.69, 9.17) is 4.74 Å². The summed E-state index contributed by atoms with van der Waals surface area (Å²) in [6.45, 7) is 1.92. The Morgan fingerprint density at radius 1 is 0.875 bits per heavy atom. The van der Waals surface area contributed by atoms with Gasteiger partial charge < -0.3 is 15.4 Å². The molecule has 32 heavy (non-hydrogen) atoms. The minimum absolute atomic E-state index is 0.200. The first kappa shape index (κ1) is 22.2. The van der Waals surface area contributed by atoms with Crippen molar-refractivity contribution < 1.29 is 19.1 Å². The van der Waals surface area contributed by atoms with Gasteiger partial charge in [-0.05, 0) is 48.9 Å². The number of nitrogens with zero attached hydrogens (tertiary/aromatic N) is 1. The number of ether oxygens (including phenoxy) is 1. The van der Waals surface area contributed by atoms with E-state index in [9.17, 15) is 14.4 Å². The first-order valence-electron chi connectivity index (χ1n) is 9.72. The smallest absolute Gasteiger partial charge is 0.329 e. The number of carbonyl (C=O) groups excluding carboxylic acids is 3. The van der Waals surface area contributed by atoms with Crippen LogP contribution in [0, 0.1) is 6.92 Å². The number of rotatable bonds is 6. The highest BCUT2D eigenvalue weighted by molar-refractivity contribution is 6.40. The molecule has 8 heteroatoms. The van der Waals surface area contributed by atoms with Crippen molar-refractivity contribution in [1.82, 2.24) is 5.43 Å². The number of hydrogen-bond acceptors (Lipinski definition) is 5. The molecule has 3 N–H and O–H groups in total. The van der Waals surface area contributed by atoms with Crippen LogP contribution in [0.3, 0.4) is 0 Å². The molecule has 0 unspecified atom stereocenters. The number of methoxy groups -OCH3 is 1. The summed E-state index contributed by atoms with van der Waals surface area (Å²) >= 11 is 0. The molecule has 3 aromatic carbocycles. The molecule has 0 aromatic heterocycles. The third-order valence-corrected chi connectivity index (χ3v) is 4.41. The van der Waals surface area contributed by atoms with Gasteiger partial charge in [-0.2, -0.15) is 5.10 Å². The Kier molecular flexibility index (Phi) is 7.32. The monoisotopic (exact) mass is 430 g/mol. The molecule has 0 radical (unpaired) electrons. The third kappa shape index (κ3) is 5.79. The van der Waals surface area contributed by atoms with E-state index in [-0.39, 0.29) is 11.3 Å². The number of amides is 3. The topological polar surface area (TPSA) is 109 Å². The van der Waals surface area contributed by atoms with Crippen LogP contribution in [-0.4, -0.2) is 31.0 Å². The number of carbonyl (C=O) groups is 3. The largest absolute Gasteiger partial charge is 0.496 e. The van der Waals surface area contributed by atoms with Crippen molar-refractivity contribution in [1.29, 1.82) is 0 Å². The molecular formula is C24H22N4O4. The van der Waals surface area contributed by atoms with Crippen LogP contribution in [0.2, 0.25) is 0 Å². The van der Waals surface area contributed by atoms with Gasteiger partial charge in [0.1, 0.15) is 5.75 Å². The minimum Gasteiger partial charge on any atom is -0.496 e. The number of nitrogens with one attached hydrogen (secondary N) is 3. The lowest BCUT2D eigenvalue weighted by atomic mass is 10.1. The summed E-state index contributed by atoms with van der Waals surface area (Å²) in [5.41, 5.74) is 4.83. The van der Waals surface area contributed by atoms with Crippen molar-refractivity contribution in [2.45, 2.75) is 6.92 Å². The van der Waals surface area contributed by atoms with Crippen LogP contribution in [0.5, 0.6) is 5.75 Å². The zero-order chi connectivity index (χ0) is 22.9. The first-order valence-corrected chi connectivity index (χ1v) is 9.72. The molecule has 3 amide bonds. The van der Waals surface area contributed by atoms with Gasteiger partial charge in [-0.15, -0.1) is 0 Å². The van der Waals surface area contributed by atoms with Gasteiger partial charge in [-0.3, -0.25) is 14.4 Å². The van der Waals surface area contributed by atoms with E-state index in [0.29, 0.717) is 17.0 Å². The summed E-state index contributed by atoms with van der Waals surface area (Å²) < 4.78 is 5.19. The number of para-hydroxylation sites is 2. The third-order valence-electron chi connectivity index (χ3n) is 4.41. The van der Waals surface area contributed by atoms with Crippen LogP contribution in [0.25, 0.3) is 0 Å². The van der Waals surface area contributed by atoms with Crippen LogP contribution >= 0.6 is 0 Å². The lowest BCUT2D eigenvalue weighted by molar-refractivity contribution is -0.136. The molecule has 0 saturated heterocycles. The number of anilines is 2. The second-order valence-corrected chi connectivity index (χ2v) is 6.76. The standard InChI is InChI=1S/C24H22N4O4/c1-16-8-7-10-18(14-16)26-22(29)19-11-4-5-12-20(19)27-23(30)24(31)28-25-15-17-9-3-6-13-21(17)32-2/h3-15H,1-2H3,(H,26,29)(H,27,30)(H,28,31)/b25-15+. The molecular weight excluding hydrogens is 408 g/mol. The van der Waals surface area contributed by atoms with Crippen molar-refractivity contribution in [3.63, 3.8) is 0 Å². The molecule has 0 fully saturated rings. The summed E-state index contributed by atoms with van der Waals surface area (Å²) in [5, 5.41) is 9.02. The molecule has 0 aliphatic carbocycles. The van der Waals surface area contributed by atoms with E-state index in [1.165, 1.54) is 19.4 Å². The highest BCUT2D eigenvalue weighted by atomic mass is 16.5. The van der Waals surface area contributed by atoms with Gasteiger partial charge in [-0.1, -0.05) is 36.4 Å². The van der Waals surface area contributed by atoms with Gasteiger partial charge >= 0.3 is 11.8 Å². The Morgan fingerprint density at radius 2 is 1.62 bits per heavy atom. The van der Waals surface area contributed by atoms with Crippen LogP contribution < -0.4 is 20.8 Å². The van der Waals surface area contributed by atoms with Crippen LogP contribution in [0.15, 0.2) is 77.9 Å². The maximum absolute atomic E-state index is 12.7. The van der Waals surface area contributed by atoms with Gasteiger partial charge in [0, 0.05) is 11.3 Å². The Labute approximate surface area is 185 Å². The Bertz CT molecular complexity index is 1170. The molecule has 0 spiro atoms. The number of benzene rings is 3. The lowest BCUT2D eigenvalue weighted by Gasteiger charge is -2.11. The Balaban J connectivity index is 1.65. The predicted molar refractivity (Wildman–Crippen MR) is 123 cm³/mol. The molecule has 0 atom stereocenters. The zero-order valence-corrected chi connectivity index (χ0v) is 17.6. The number of aryl methyl sites for hydroxylation is 1. The molecule has 3 aromatic rings. The van der Waals surface area contributed by atoms with Crippen molar-refractivity contribution >= 4 is 35.3 Å². The normalized spacial score (nSPS) is 10.4. The Morgan fingerprint density at radius 3 is 2.41 bits per heavy atom. The van der Waals surface area contributed by atoms with Crippen molar-refractivity contribution in [3.05, 3.63) is 89.5 Å². The number of hydrazone groups is 1. The SMILES string of the molecule is COc1ccccc1/C=N/NC(=O)C(=O)Nc1ccccc1C(=O)Nc1cccc(C)c1. The maximum atomic E-state index is 12.7. The van der Waals surface area contributed by atoms with Crippen molar-refractivity contribution in [2.75, 3.05) is 17.7 Å². The molecule has 0 aliphatic heterocycles. The highest BCUT2D eigenvalue weighted by Crippen LogP contribution is 2.18. The van der Waals surface area contributed by atoms with E-state index < -0.39 is 17.7 Å². The average molecular weight is 430 g/mol. The van der Waals surface area contributed by atoms with E-state index in [1.807, 2.05) is 25.1 Å². The van der Waals surface area contributed by atoms with E-state index in [2.05, 4.69) is 21.2 Å². The summed E-state index contributed by atoms with van der Waals surface area (Å²) in [7, 11) is 1.52. The fourth-order valence-electron chi connectivity index (χ4n) is 2.87. The van der Waals surface area contributed by atoms with Crippen LogP contribution in [0.4, 0.5) is 11.4 Å². The summed E-state index contributed by atoms with van der Waals surface area (Å²) in [5.74, 6) is -1.78. The van der Waals surface area contributed by atoms with Crippen molar-refractivity contribution in [2.24, 2.45) is 5.10 Å². The maximum Gasteiger partial charge on any atom is 0.329 e. The molecule has 8 nitrogen and oxygen atoms in total. The van der Waals surface area contributed by atoms with Crippen LogP contribution in [0.1, 0.15) is 21.5 Å². The minimum atomic E-state index is -0.981. The summed E-state index contributed by atoms with van der Waals surface area (Å²) in [4.78, 5) is 37.1. The van der Waals surface area contributed by atoms with Gasteiger partial charge in [0.15, 0.2) is 0 Å². The summed E-state index contributed by atoms with van der Waals surface area (Å²) in [6, 6.07) is 20.8. The van der Waals surface area contributed by atoms with E-state index in [1.54, 1.807) is 48.5 Å². The predicted octanol–water partition coefficient (Wildman–Crippen LogP) is 3.34. The second kappa shape index (κ2) is 10.5. The second-order valence-electron chi connectivity index (χ2n) is 6.76. The molecule has 0 saturated carbocycles. The highest BCUT2D eigenvalue weighted by Gasteiger charge is 2.18. The van der Waals surface area contributed by atoms with Gasteiger partial charge in [0.05, 0.1) is 24.6 Å². The van der Waals surface area contributed by atoms with Crippen LogP contribution in [-0.2, 0) is 9.59 Å². The van der Waals surface area contributed by atoms with Crippen molar-refractivity contribution in [3.8, 4) is 5.75 Å². The molecule has 162 valence electrons. The number of hydrogen-bond donors (Lipinski definition) is 3. The molecule has 3 rings (SSSR count). The molecule has 0 heterocycles. The quantitative estimate of drug-likeness (QED) is 0.317. The fraction of sp³-hybridized carbons (Fsp3) is 0.0833. The van der Waals surface area contributed by atoms with E-state index in [0.717, 1.165) is 5.56 Å². The first-order chi connectivity index (χ1) is 15.5. The zero-order valence-electron chi connectivity index (χ0n) is 17.6. The Hall–Kier alpha value is -4.46. The van der Waals surface area contributed by atoms with Gasteiger partial charge in [0.25, 0.3) is 5.91 Å².